The predicted octanol–water partition coefficient (Wildman–Crippen LogP) is 4.84. The molecule has 0 unspecified atom stereocenters. The van der Waals surface area contributed by atoms with Crippen LogP contribution in [-0.4, -0.2) is 18.0 Å². The number of sulfonamides is 1. The summed E-state index contributed by atoms with van der Waals surface area (Å²) in [5.41, 5.74) is -0.972. The minimum Gasteiger partial charge on any atom is -0.327 e. The van der Waals surface area contributed by atoms with Gasteiger partial charge in [0.2, 0.25) is 10.0 Å². The lowest BCUT2D eigenvalue weighted by Gasteiger charge is -2.16. The Bertz CT molecular complexity index is 1270. The fourth-order valence-corrected chi connectivity index (χ4v) is 4.58. The highest BCUT2D eigenvalue weighted by molar-refractivity contribution is 7.89. The van der Waals surface area contributed by atoms with Gasteiger partial charge in [0.05, 0.1) is 22.6 Å². The molecule has 3 aromatic rings. The standard InChI is InChI=1S/C19H17F6N3O2S/c1-4-28-13-8-11(19(23,24)25)5-6-12(13)26-18(28)10(3)27-31(29,30)14-7-9(2)15(20)17(22)16(14)21/h5-8,10,27H,4H2,1-3H3/t10-/m1/s1. The number of halogens is 6. The number of benzene rings is 2. The van der Waals surface area contributed by atoms with Gasteiger partial charge in [-0.05, 0) is 50.6 Å². The van der Waals surface area contributed by atoms with Crippen molar-refractivity contribution in [3.63, 3.8) is 0 Å². The Morgan fingerprint density at radius 2 is 1.74 bits per heavy atom. The zero-order chi connectivity index (χ0) is 23.3. The lowest BCUT2D eigenvalue weighted by Crippen LogP contribution is -2.30. The van der Waals surface area contributed by atoms with Crippen molar-refractivity contribution >= 4 is 21.1 Å². The van der Waals surface area contributed by atoms with E-state index in [0.29, 0.717) is 6.07 Å². The number of aryl methyl sites for hydroxylation is 2. The van der Waals surface area contributed by atoms with Gasteiger partial charge in [-0.2, -0.15) is 13.2 Å². The smallest absolute Gasteiger partial charge is 0.327 e. The van der Waals surface area contributed by atoms with Crippen molar-refractivity contribution in [2.45, 2.75) is 44.4 Å². The van der Waals surface area contributed by atoms with Crippen LogP contribution in [0, 0.1) is 24.4 Å². The van der Waals surface area contributed by atoms with Crippen molar-refractivity contribution in [2.24, 2.45) is 0 Å². The molecule has 1 heterocycles. The van der Waals surface area contributed by atoms with Gasteiger partial charge >= 0.3 is 6.18 Å². The highest BCUT2D eigenvalue weighted by Gasteiger charge is 2.32. The van der Waals surface area contributed by atoms with E-state index >= 15 is 0 Å². The van der Waals surface area contributed by atoms with Crippen LogP contribution in [0.25, 0.3) is 11.0 Å². The molecule has 3 rings (SSSR count). The predicted molar refractivity (Wildman–Crippen MR) is 100 cm³/mol. The van der Waals surface area contributed by atoms with Crippen LogP contribution in [-0.2, 0) is 22.7 Å². The normalized spacial score (nSPS) is 13.7. The molecule has 1 atom stereocenters. The zero-order valence-corrected chi connectivity index (χ0v) is 17.3. The third-order valence-electron chi connectivity index (χ3n) is 4.73. The first-order chi connectivity index (χ1) is 14.3. The van der Waals surface area contributed by atoms with Crippen molar-refractivity contribution in [2.75, 3.05) is 0 Å². The van der Waals surface area contributed by atoms with E-state index in [2.05, 4.69) is 9.71 Å². The summed E-state index contributed by atoms with van der Waals surface area (Å²) < 4.78 is 109. The van der Waals surface area contributed by atoms with Gasteiger partial charge in [-0.3, -0.25) is 0 Å². The van der Waals surface area contributed by atoms with Crippen LogP contribution in [0.3, 0.4) is 0 Å². The summed E-state index contributed by atoms with van der Waals surface area (Å²) >= 11 is 0. The van der Waals surface area contributed by atoms with Gasteiger partial charge in [0, 0.05) is 6.54 Å². The third kappa shape index (κ3) is 4.13. The summed E-state index contributed by atoms with van der Waals surface area (Å²) in [6.45, 7) is 4.22. The summed E-state index contributed by atoms with van der Waals surface area (Å²) in [6.07, 6.45) is -4.58. The molecular weight excluding hydrogens is 448 g/mol. The number of nitrogens with one attached hydrogen (secondary N) is 1. The molecule has 0 aliphatic carbocycles. The summed E-state index contributed by atoms with van der Waals surface area (Å²) in [4.78, 5) is 3.11. The molecule has 5 nitrogen and oxygen atoms in total. The number of aromatic nitrogens is 2. The van der Waals surface area contributed by atoms with Crippen LogP contribution in [0.5, 0.6) is 0 Å². The molecule has 0 spiro atoms. The van der Waals surface area contributed by atoms with E-state index in [0.717, 1.165) is 25.1 Å². The molecule has 0 aliphatic rings. The van der Waals surface area contributed by atoms with Crippen LogP contribution in [0.15, 0.2) is 29.2 Å². The average molecular weight is 465 g/mol. The first-order valence-electron chi connectivity index (χ1n) is 9.01. The molecular formula is C19H17F6N3O2S. The fraction of sp³-hybridized carbons (Fsp3) is 0.316. The Balaban J connectivity index is 2.05. The van der Waals surface area contributed by atoms with Crippen LogP contribution < -0.4 is 4.72 Å². The van der Waals surface area contributed by atoms with Crippen LogP contribution >= 0.6 is 0 Å². The van der Waals surface area contributed by atoms with Crippen molar-refractivity contribution < 1.29 is 34.8 Å². The number of hydrogen-bond donors (Lipinski definition) is 1. The Labute approximate surface area is 173 Å². The monoisotopic (exact) mass is 465 g/mol. The highest BCUT2D eigenvalue weighted by atomic mass is 32.2. The van der Waals surface area contributed by atoms with E-state index in [1.54, 1.807) is 6.92 Å². The lowest BCUT2D eigenvalue weighted by atomic mass is 10.2. The average Bonchev–Trinajstić information content (AvgIpc) is 3.06. The SMILES string of the molecule is CCn1c([C@@H](C)NS(=O)(=O)c2cc(C)c(F)c(F)c2F)nc2ccc(C(F)(F)F)cc21. The maximum absolute atomic E-state index is 14.1. The minimum atomic E-state index is -4.66. The van der Waals surface area contributed by atoms with Crippen molar-refractivity contribution in [1.82, 2.24) is 14.3 Å². The molecule has 1 N–H and O–H groups in total. The quantitative estimate of drug-likeness (QED) is 0.433. The number of hydrogen-bond acceptors (Lipinski definition) is 3. The van der Waals surface area contributed by atoms with E-state index in [-0.39, 0.29) is 23.4 Å². The summed E-state index contributed by atoms with van der Waals surface area (Å²) in [6, 6.07) is 2.44. The largest absolute Gasteiger partial charge is 0.416 e. The van der Waals surface area contributed by atoms with Gasteiger partial charge in [0.15, 0.2) is 17.5 Å². The molecule has 12 heteroatoms. The summed E-state index contributed by atoms with van der Waals surface area (Å²) in [5.74, 6) is -5.23. The molecule has 0 bridgehead atoms. The lowest BCUT2D eigenvalue weighted by molar-refractivity contribution is -0.137. The Morgan fingerprint density at radius 1 is 1.10 bits per heavy atom. The topological polar surface area (TPSA) is 64.0 Å². The fourth-order valence-electron chi connectivity index (χ4n) is 3.23. The van der Waals surface area contributed by atoms with Crippen LogP contribution in [0.1, 0.15) is 36.8 Å². The third-order valence-corrected chi connectivity index (χ3v) is 6.27. The number of fused-ring (bicyclic) bond motifs is 1. The van der Waals surface area contributed by atoms with Gasteiger partial charge in [-0.15, -0.1) is 0 Å². The number of rotatable bonds is 5. The van der Waals surface area contributed by atoms with Crippen molar-refractivity contribution in [1.29, 1.82) is 0 Å². The zero-order valence-electron chi connectivity index (χ0n) is 16.5. The highest BCUT2D eigenvalue weighted by Crippen LogP contribution is 2.32. The van der Waals surface area contributed by atoms with E-state index in [1.165, 1.54) is 11.5 Å². The molecule has 0 aliphatic heterocycles. The van der Waals surface area contributed by atoms with E-state index in [4.69, 9.17) is 0 Å². The Hall–Kier alpha value is -2.60. The van der Waals surface area contributed by atoms with Crippen molar-refractivity contribution in [3.8, 4) is 0 Å². The second-order valence-electron chi connectivity index (χ2n) is 6.89. The van der Waals surface area contributed by atoms with E-state index in [1.807, 2.05) is 0 Å². The van der Waals surface area contributed by atoms with E-state index in [9.17, 15) is 34.8 Å². The maximum Gasteiger partial charge on any atom is 0.416 e. The number of nitrogens with zero attached hydrogens (tertiary/aromatic N) is 2. The molecule has 0 amide bonds. The van der Waals surface area contributed by atoms with Gasteiger partial charge < -0.3 is 4.57 Å². The Morgan fingerprint density at radius 3 is 2.32 bits per heavy atom. The van der Waals surface area contributed by atoms with Gasteiger partial charge in [-0.25, -0.2) is 31.3 Å². The molecule has 0 saturated heterocycles. The van der Waals surface area contributed by atoms with Gasteiger partial charge in [0.25, 0.3) is 0 Å². The molecule has 0 saturated carbocycles. The van der Waals surface area contributed by atoms with E-state index < -0.39 is 55.7 Å². The second kappa shape index (κ2) is 7.83. The first kappa shape index (κ1) is 23.1. The molecule has 31 heavy (non-hydrogen) atoms. The second-order valence-corrected chi connectivity index (χ2v) is 8.57. The first-order valence-corrected chi connectivity index (χ1v) is 10.5. The van der Waals surface area contributed by atoms with Crippen molar-refractivity contribution in [3.05, 3.63) is 58.7 Å². The number of imidazole rings is 1. The number of alkyl halides is 3. The molecule has 168 valence electrons. The summed E-state index contributed by atoms with van der Waals surface area (Å²) in [5, 5.41) is 0. The molecule has 1 aromatic heterocycles. The molecule has 0 radical (unpaired) electrons. The maximum atomic E-state index is 14.1. The molecule has 2 aromatic carbocycles. The Kier molecular flexibility index (Phi) is 5.82. The van der Waals surface area contributed by atoms with Crippen LogP contribution in [0.2, 0.25) is 0 Å². The van der Waals surface area contributed by atoms with Crippen LogP contribution in [0.4, 0.5) is 26.3 Å². The molecule has 0 fully saturated rings. The minimum absolute atomic E-state index is 0.0695. The summed E-state index contributed by atoms with van der Waals surface area (Å²) in [7, 11) is -4.66. The van der Waals surface area contributed by atoms with Gasteiger partial charge in [-0.1, -0.05) is 0 Å². The van der Waals surface area contributed by atoms with Gasteiger partial charge in [0.1, 0.15) is 10.7 Å².